The Hall–Kier alpha value is -0.520. The zero-order valence-electron chi connectivity index (χ0n) is 16.6. The Labute approximate surface area is 142 Å². The maximum absolute atomic E-state index is 2.44. The van der Waals surface area contributed by atoms with Crippen LogP contribution in [-0.4, -0.2) is 0 Å². The molecule has 0 N–H and O–H groups in total. The molecule has 0 spiro atoms. The molecule has 0 heterocycles. The number of hydrogen-bond donors (Lipinski definition) is 0. The third kappa shape index (κ3) is 17.5. The van der Waals surface area contributed by atoms with Gasteiger partial charge in [0.25, 0.3) is 0 Å². The lowest BCUT2D eigenvalue weighted by atomic mass is 9.95. The van der Waals surface area contributed by atoms with Gasteiger partial charge in [0.2, 0.25) is 0 Å². The first-order chi connectivity index (χ1) is 10.7. The summed E-state index contributed by atoms with van der Waals surface area (Å²) in [6.07, 6.45) is 22.3. The molecule has 0 nitrogen and oxygen atoms in total. The van der Waals surface area contributed by atoms with Gasteiger partial charge < -0.3 is 0 Å². The van der Waals surface area contributed by atoms with Crippen molar-refractivity contribution >= 4 is 0 Å². The van der Waals surface area contributed by atoms with Crippen LogP contribution in [0.15, 0.2) is 23.8 Å². The first kappa shape index (κ1) is 23.7. The molecule has 1 aliphatic rings. The zero-order valence-corrected chi connectivity index (χ0v) is 16.6. The molecule has 0 aromatic rings. The lowest BCUT2D eigenvalue weighted by Gasteiger charge is -2.11. The van der Waals surface area contributed by atoms with Gasteiger partial charge >= 0.3 is 0 Å². The summed E-state index contributed by atoms with van der Waals surface area (Å²) in [6.45, 7) is 12.8. The van der Waals surface area contributed by atoms with Crippen LogP contribution in [0.3, 0.4) is 0 Å². The van der Waals surface area contributed by atoms with Crippen LogP contribution in [0.2, 0.25) is 0 Å². The average molecular weight is 309 g/mol. The highest BCUT2D eigenvalue weighted by Gasteiger charge is 2.02. The second-order valence-corrected chi connectivity index (χ2v) is 6.28. The van der Waals surface area contributed by atoms with Crippen molar-refractivity contribution in [1.82, 2.24) is 0 Å². The molecule has 0 aromatic carbocycles. The van der Waals surface area contributed by atoms with Crippen LogP contribution in [0.5, 0.6) is 0 Å². The van der Waals surface area contributed by atoms with E-state index in [1.54, 1.807) is 5.57 Å². The van der Waals surface area contributed by atoms with Crippen LogP contribution in [-0.2, 0) is 0 Å². The molecule has 0 bridgehead atoms. The Balaban J connectivity index is 0. The van der Waals surface area contributed by atoms with Crippen LogP contribution < -0.4 is 0 Å². The molecule has 0 radical (unpaired) electrons. The van der Waals surface area contributed by atoms with Gasteiger partial charge in [-0.2, -0.15) is 0 Å². The zero-order chi connectivity index (χ0) is 17.1. The molecule has 132 valence electrons. The second-order valence-electron chi connectivity index (χ2n) is 6.28. The minimum absolute atomic E-state index is 0.761. The van der Waals surface area contributed by atoms with Crippen LogP contribution >= 0.6 is 0 Å². The molecular weight excluding hydrogens is 264 g/mol. The Morgan fingerprint density at radius 1 is 0.864 bits per heavy atom. The van der Waals surface area contributed by atoms with Gasteiger partial charge in [-0.25, -0.2) is 0 Å². The van der Waals surface area contributed by atoms with E-state index < -0.39 is 0 Å². The fourth-order valence-corrected chi connectivity index (χ4v) is 2.42. The summed E-state index contributed by atoms with van der Waals surface area (Å²) in [5.74, 6) is 0.761. The van der Waals surface area contributed by atoms with E-state index in [2.05, 4.69) is 45.9 Å². The normalized spacial score (nSPS) is 16.1. The summed E-state index contributed by atoms with van der Waals surface area (Å²) >= 11 is 0. The van der Waals surface area contributed by atoms with Crippen molar-refractivity contribution in [3.8, 4) is 0 Å². The summed E-state index contributed by atoms with van der Waals surface area (Å²) in [7, 11) is 0. The standard InChI is InChI=1S/C17H30.C3H8.C2H6/c1-3-4-5-6-7-8-9-10-11-17-14-12-16(2)13-15-17;1-3-2;1-2/h12,14-16H,3-11,13H2,1-2H3;3H2,1-2H3;1-2H3. The second kappa shape index (κ2) is 20.5. The molecule has 1 rings (SSSR count). The van der Waals surface area contributed by atoms with Gasteiger partial charge in [-0.15, -0.1) is 0 Å². The minimum atomic E-state index is 0.761. The van der Waals surface area contributed by atoms with Crippen molar-refractivity contribution in [1.29, 1.82) is 0 Å². The molecule has 0 aliphatic heterocycles. The summed E-state index contributed by atoms with van der Waals surface area (Å²) in [5, 5.41) is 0. The predicted molar refractivity (Wildman–Crippen MR) is 106 cm³/mol. The van der Waals surface area contributed by atoms with Crippen molar-refractivity contribution in [2.75, 3.05) is 0 Å². The summed E-state index contributed by atoms with van der Waals surface area (Å²) < 4.78 is 0. The van der Waals surface area contributed by atoms with Crippen molar-refractivity contribution in [2.24, 2.45) is 5.92 Å². The highest BCUT2D eigenvalue weighted by atomic mass is 14.1. The van der Waals surface area contributed by atoms with Crippen LogP contribution in [0.25, 0.3) is 0 Å². The van der Waals surface area contributed by atoms with E-state index in [9.17, 15) is 0 Å². The largest absolute Gasteiger partial charge is 0.0811 e. The van der Waals surface area contributed by atoms with Crippen molar-refractivity contribution in [3.05, 3.63) is 23.8 Å². The van der Waals surface area contributed by atoms with Crippen LogP contribution in [0, 0.1) is 5.92 Å². The molecule has 0 saturated heterocycles. The van der Waals surface area contributed by atoms with Gasteiger partial charge in [-0.3, -0.25) is 0 Å². The van der Waals surface area contributed by atoms with Gasteiger partial charge in [-0.05, 0) is 25.2 Å². The lowest BCUT2D eigenvalue weighted by Crippen LogP contribution is -1.94. The Kier molecular flexibility index (Phi) is 22.1. The quantitative estimate of drug-likeness (QED) is 0.374. The maximum atomic E-state index is 2.44. The van der Waals surface area contributed by atoms with E-state index in [1.165, 1.54) is 70.6 Å². The third-order valence-corrected chi connectivity index (χ3v) is 3.71. The van der Waals surface area contributed by atoms with Gasteiger partial charge in [0, 0.05) is 0 Å². The SMILES string of the molecule is CC.CCC.CCCCCCCCCCC1=CCC(C)C=C1. The molecule has 1 atom stereocenters. The Bertz CT molecular complexity index is 247. The first-order valence-electron chi connectivity index (χ1n) is 10.1. The number of unbranched alkanes of at least 4 members (excludes halogenated alkanes) is 7. The lowest BCUT2D eigenvalue weighted by molar-refractivity contribution is 0.575. The van der Waals surface area contributed by atoms with Crippen molar-refractivity contribution in [2.45, 2.75) is 112 Å². The Morgan fingerprint density at radius 3 is 1.82 bits per heavy atom. The van der Waals surface area contributed by atoms with Crippen molar-refractivity contribution in [3.63, 3.8) is 0 Å². The summed E-state index contributed by atoms with van der Waals surface area (Å²) in [4.78, 5) is 0. The van der Waals surface area contributed by atoms with Crippen LogP contribution in [0.4, 0.5) is 0 Å². The van der Waals surface area contributed by atoms with E-state index in [0.717, 1.165) is 5.92 Å². The molecule has 22 heavy (non-hydrogen) atoms. The maximum Gasteiger partial charge on any atom is -0.0224 e. The van der Waals surface area contributed by atoms with Gasteiger partial charge in [0.1, 0.15) is 0 Å². The smallest absolute Gasteiger partial charge is 0.0224 e. The molecule has 0 saturated carbocycles. The third-order valence-electron chi connectivity index (χ3n) is 3.71. The first-order valence-corrected chi connectivity index (χ1v) is 10.1. The summed E-state index contributed by atoms with van der Waals surface area (Å²) in [6, 6.07) is 0. The topological polar surface area (TPSA) is 0 Å². The van der Waals surface area contributed by atoms with E-state index in [1.807, 2.05) is 13.8 Å². The number of rotatable bonds is 9. The molecule has 1 unspecified atom stereocenters. The summed E-state index contributed by atoms with van der Waals surface area (Å²) in [5.41, 5.74) is 1.58. The molecule has 1 aliphatic carbocycles. The number of allylic oxidation sites excluding steroid dienone is 4. The Morgan fingerprint density at radius 2 is 1.36 bits per heavy atom. The molecule has 0 heteroatoms. The average Bonchev–Trinajstić information content (AvgIpc) is 2.54. The van der Waals surface area contributed by atoms with E-state index in [0.29, 0.717) is 0 Å². The highest BCUT2D eigenvalue weighted by molar-refractivity contribution is 5.23. The molecule has 0 aromatic heterocycles. The van der Waals surface area contributed by atoms with E-state index in [-0.39, 0.29) is 0 Å². The highest BCUT2D eigenvalue weighted by Crippen LogP contribution is 2.20. The fraction of sp³-hybridized carbons (Fsp3) is 0.818. The number of hydrogen-bond acceptors (Lipinski definition) is 0. The van der Waals surface area contributed by atoms with Gasteiger partial charge in [0.15, 0.2) is 0 Å². The van der Waals surface area contributed by atoms with E-state index in [4.69, 9.17) is 0 Å². The molecule has 0 amide bonds. The predicted octanol–water partition coefficient (Wildman–Crippen LogP) is 8.48. The van der Waals surface area contributed by atoms with Crippen LogP contribution in [0.1, 0.15) is 112 Å². The van der Waals surface area contributed by atoms with Gasteiger partial charge in [0.05, 0.1) is 0 Å². The monoisotopic (exact) mass is 308 g/mol. The van der Waals surface area contributed by atoms with Crippen molar-refractivity contribution < 1.29 is 0 Å². The molecular formula is C22H44. The fourth-order valence-electron chi connectivity index (χ4n) is 2.42. The van der Waals surface area contributed by atoms with Gasteiger partial charge in [-0.1, -0.05) is 117 Å². The van der Waals surface area contributed by atoms with E-state index >= 15 is 0 Å². The molecule has 0 fully saturated rings. The minimum Gasteiger partial charge on any atom is -0.0811 e.